The second-order valence-electron chi connectivity index (χ2n) is 5.63. The predicted octanol–water partition coefficient (Wildman–Crippen LogP) is 3.85. The van der Waals surface area contributed by atoms with Crippen LogP contribution in [0.4, 0.5) is 0 Å². The molecule has 0 aromatic carbocycles. The maximum absolute atomic E-state index is 12.5. The number of rotatable bonds is 6. The van der Waals surface area contributed by atoms with Crippen LogP contribution in [0.3, 0.4) is 0 Å². The van der Waals surface area contributed by atoms with Crippen LogP contribution in [0, 0.1) is 5.92 Å². The number of nitrogens with one attached hydrogen (secondary N) is 1. The summed E-state index contributed by atoms with van der Waals surface area (Å²) in [5, 5.41) is 0. The van der Waals surface area contributed by atoms with Crippen molar-refractivity contribution in [2.24, 2.45) is 5.92 Å². The van der Waals surface area contributed by atoms with E-state index in [0.29, 0.717) is 12.3 Å². The molecule has 1 aliphatic rings. The van der Waals surface area contributed by atoms with Crippen molar-refractivity contribution in [1.29, 1.82) is 0 Å². The van der Waals surface area contributed by atoms with E-state index in [-0.39, 0.29) is 13.6 Å². The van der Waals surface area contributed by atoms with E-state index in [2.05, 4.69) is 4.72 Å². The van der Waals surface area contributed by atoms with Gasteiger partial charge in [0.1, 0.15) is 15.3 Å². The minimum absolute atomic E-state index is 0.0729. The Hall–Kier alpha value is -0.340. The topological polar surface area (TPSA) is 72.5 Å². The molecular formula is C14H19Cl2NO4S2. The quantitative estimate of drug-likeness (QED) is 0.737. The third-order valence-corrected chi connectivity index (χ3v) is 7.22. The maximum atomic E-state index is 12.5. The van der Waals surface area contributed by atoms with E-state index in [9.17, 15) is 13.2 Å². The van der Waals surface area contributed by atoms with Gasteiger partial charge in [-0.05, 0) is 18.4 Å². The lowest BCUT2D eigenvalue weighted by molar-refractivity contribution is -0.143. The number of halogens is 2. The number of carbonyl (C=O) groups is 1. The Morgan fingerprint density at radius 3 is 2.57 bits per heavy atom. The third-order valence-electron chi connectivity index (χ3n) is 3.99. The molecule has 1 fully saturated rings. The zero-order chi connectivity index (χ0) is 17.0. The van der Waals surface area contributed by atoms with E-state index in [1.807, 2.05) is 0 Å². The zero-order valence-corrected chi connectivity index (χ0v) is 15.8. The molecule has 0 radical (unpaired) electrons. The van der Waals surface area contributed by atoms with Crippen molar-refractivity contribution < 1.29 is 17.9 Å². The van der Waals surface area contributed by atoms with Crippen LogP contribution < -0.4 is 4.72 Å². The van der Waals surface area contributed by atoms with Gasteiger partial charge in [-0.3, -0.25) is 4.79 Å². The lowest BCUT2D eigenvalue weighted by Gasteiger charge is -2.25. The van der Waals surface area contributed by atoms with Crippen LogP contribution >= 0.6 is 34.5 Å². The van der Waals surface area contributed by atoms with E-state index in [1.165, 1.54) is 19.6 Å². The summed E-state index contributed by atoms with van der Waals surface area (Å²) in [6, 6.07) is 0.370. The van der Waals surface area contributed by atoms with Gasteiger partial charge < -0.3 is 4.74 Å². The van der Waals surface area contributed by atoms with Crippen molar-refractivity contribution in [3.8, 4) is 0 Å². The number of carbonyl (C=O) groups excluding carboxylic acids is 1. The van der Waals surface area contributed by atoms with Crippen molar-refractivity contribution in [2.45, 2.75) is 49.5 Å². The molecule has 1 atom stereocenters. The largest absolute Gasteiger partial charge is 0.468 e. The molecule has 0 aliphatic heterocycles. The summed E-state index contributed by atoms with van der Waals surface area (Å²) in [5.74, 6) is -0.270. The number of esters is 1. The van der Waals surface area contributed by atoms with Gasteiger partial charge in [-0.2, -0.15) is 4.72 Å². The van der Waals surface area contributed by atoms with Gasteiger partial charge in [0.05, 0.1) is 11.4 Å². The van der Waals surface area contributed by atoms with Gasteiger partial charge in [0, 0.05) is 0 Å². The summed E-state index contributed by atoms with van der Waals surface area (Å²) in [6.45, 7) is 0. The highest BCUT2D eigenvalue weighted by Crippen LogP contribution is 2.34. The Balaban J connectivity index is 2.16. The molecule has 23 heavy (non-hydrogen) atoms. The van der Waals surface area contributed by atoms with Crippen LogP contribution in [0.1, 0.15) is 38.5 Å². The average molecular weight is 400 g/mol. The fourth-order valence-corrected chi connectivity index (χ4v) is 6.20. The van der Waals surface area contributed by atoms with Gasteiger partial charge in [0.25, 0.3) is 0 Å². The van der Waals surface area contributed by atoms with Crippen LogP contribution in [0.5, 0.6) is 0 Å². The minimum atomic E-state index is -3.93. The Morgan fingerprint density at radius 1 is 1.39 bits per heavy atom. The van der Waals surface area contributed by atoms with Gasteiger partial charge >= 0.3 is 5.97 Å². The van der Waals surface area contributed by atoms with Gasteiger partial charge in [0.2, 0.25) is 10.0 Å². The number of thiophene rings is 1. The first kappa shape index (κ1) is 19.0. The lowest BCUT2D eigenvalue weighted by atomic mass is 9.85. The first-order valence-corrected chi connectivity index (χ1v) is 10.4. The molecule has 9 heteroatoms. The van der Waals surface area contributed by atoms with E-state index in [1.54, 1.807) is 0 Å². The van der Waals surface area contributed by atoms with Gasteiger partial charge in [-0.25, -0.2) is 8.42 Å². The van der Waals surface area contributed by atoms with Gasteiger partial charge in [0.15, 0.2) is 0 Å². The van der Waals surface area contributed by atoms with Gasteiger partial charge in [-0.1, -0.05) is 55.3 Å². The Morgan fingerprint density at radius 2 is 2.04 bits per heavy atom. The van der Waals surface area contributed by atoms with Crippen molar-refractivity contribution >= 4 is 50.5 Å². The van der Waals surface area contributed by atoms with E-state index in [0.717, 1.165) is 37.0 Å². The minimum Gasteiger partial charge on any atom is -0.468 e. The van der Waals surface area contributed by atoms with Crippen molar-refractivity contribution in [2.75, 3.05) is 7.11 Å². The maximum Gasteiger partial charge on any atom is 0.323 e. The van der Waals surface area contributed by atoms with Crippen LogP contribution in [0.2, 0.25) is 8.67 Å². The van der Waals surface area contributed by atoms with Crippen molar-refractivity contribution in [3.63, 3.8) is 0 Å². The standard InChI is InChI=1S/C14H19Cl2NO4S2/c1-21-14(18)10(7-9-5-3-2-4-6-9)17-23(19,20)11-8-12(15)22-13(11)16/h8-10,17H,2-7H2,1H3/t10-/m0/s1. The molecular weight excluding hydrogens is 381 g/mol. The number of methoxy groups -OCH3 is 1. The molecule has 1 aromatic rings. The number of hydrogen-bond acceptors (Lipinski definition) is 5. The summed E-state index contributed by atoms with van der Waals surface area (Å²) >= 11 is 12.7. The second kappa shape index (κ2) is 8.16. The smallest absolute Gasteiger partial charge is 0.323 e. The summed E-state index contributed by atoms with van der Waals surface area (Å²) < 4.78 is 32.5. The highest BCUT2D eigenvalue weighted by molar-refractivity contribution is 7.89. The average Bonchev–Trinajstić information content (AvgIpc) is 2.86. The zero-order valence-electron chi connectivity index (χ0n) is 12.7. The molecule has 0 bridgehead atoms. The molecule has 2 rings (SSSR count). The van der Waals surface area contributed by atoms with Crippen LogP contribution in [-0.2, 0) is 19.6 Å². The molecule has 0 saturated heterocycles. The van der Waals surface area contributed by atoms with Crippen LogP contribution in [0.15, 0.2) is 11.0 Å². The number of hydrogen-bond donors (Lipinski definition) is 1. The van der Waals surface area contributed by atoms with Crippen LogP contribution in [0.25, 0.3) is 0 Å². The molecule has 1 heterocycles. The van der Waals surface area contributed by atoms with Crippen molar-refractivity contribution in [1.82, 2.24) is 4.72 Å². The first-order chi connectivity index (χ1) is 10.8. The molecule has 0 unspecified atom stereocenters. The SMILES string of the molecule is COC(=O)[C@H](CC1CCCCC1)NS(=O)(=O)c1cc(Cl)sc1Cl. The van der Waals surface area contributed by atoms with Crippen molar-refractivity contribution in [3.05, 3.63) is 14.7 Å². The predicted molar refractivity (Wildman–Crippen MR) is 91.7 cm³/mol. The molecule has 1 saturated carbocycles. The molecule has 0 spiro atoms. The number of ether oxygens (including phenoxy) is 1. The lowest BCUT2D eigenvalue weighted by Crippen LogP contribution is -2.42. The van der Waals surface area contributed by atoms with Gasteiger partial charge in [-0.15, -0.1) is 11.3 Å². The summed E-state index contributed by atoms with van der Waals surface area (Å²) in [5.41, 5.74) is 0. The Kier molecular flexibility index (Phi) is 6.74. The van der Waals surface area contributed by atoms with E-state index >= 15 is 0 Å². The molecule has 5 nitrogen and oxygen atoms in total. The highest BCUT2D eigenvalue weighted by Gasteiger charge is 2.31. The first-order valence-electron chi connectivity index (χ1n) is 7.38. The molecule has 1 aliphatic carbocycles. The second-order valence-corrected chi connectivity index (χ2v) is 9.59. The Labute approximate surface area is 150 Å². The highest BCUT2D eigenvalue weighted by atomic mass is 35.5. The molecule has 130 valence electrons. The van der Waals surface area contributed by atoms with E-state index < -0.39 is 22.0 Å². The molecule has 0 amide bonds. The summed E-state index contributed by atoms with van der Waals surface area (Å²) in [6.07, 6.45) is 5.84. The van der Waals surface area contributed by atoms with E-state index in [4.69, 9.17) is 27.9 Å². The Bertz CT molecular complexity index is 654. The fraction of sp³-hybridized carbons (Fsp3) is 0.643. The van der Waals surface area contributed by atoms with Crippen LogP contribution in [-0.4, -0.2) is 27.5 Å². The fourth-order valence-electron chi connectivity index (χ4n) is 2.85. The third kappa shape index (κ3) is 5.06. The molecule has 1 aromatic heterocycles. The summed E-state index contributed by atoms with van der Waals surface area (Å²) in [7, 11) is -2.68. The normalized spacial score (nSPS) is 17.9. The number of sulfonamides is 1. The molecule has 1 N–H and O–H groups in total. The summed E-state index contributed by atoms with van der Waals surface area (Å²) in [4.78, 5) is 11.9. The monoisotopic (exact) mass is 399 g/mol.